The predicted octanol–water partition coefficient (Wildman–Crippen LogP) is 2.84. The summed E-state index contributed by atoms with van der Waals surface area (Å²) in [7, 11) is 1.53. The lowest BCUT2D eigenvalue weighted by atomic mass is 9.71. The van der Waals surface area contributed by atoms with Gasteiger partial charge in [-0.3, -0.25) is 14.8 Å². The highest BCUT2D eigenvalue weighted by Gasteiger charge is 2.37. The number of methoxy groups -OCH3 is 1. The topological polar surface area (TPSA) is 78.9 Å². The van der Waals surface area contributed by atoms with E-state index < -0.39 is 11.8 Å². The van der Waals surface area contributed by atoms with Crippen LogP contribution in [0.1, 0.15) is 44.7 Å². The smallest absolute Gasteiger partial charge is 0.284 e. The maximum Gasteiger partial charge on any atom is 0.284 e. The SMILES string of the molecule is COc1ccc(C(=O)N(O)C(=O)c2ccc3c(c2)CC2(CCNC2)CC3)cc1. The van der Waals surface area contributed by atoms with Gasteiger partial charge in [-0.25, -0.2) is 0 Å². The molecule has 1 aliphatic heterocycles. The maximum absolute atomic E-state index is 12.7. The first kappa shape index (κ1) is 18.7. The summed E-state index contributed by atoms with van der Waals surface area (Å²) in [6, 6.07) is 11.7. The molecule has 1 fully saturated rings. The Kier molecular flexibility index (Phi) is 4.91. The molecule has 146 valence electrons. The zero-order valence-electron chi connectivity index (χ0n) is 15.9. The molecule has 4 rings (SSSR count). The summed E-state index contributed by atoms with van der Waals surface area (Å²) in [5.74, 6) is -0.882. The number of hydrogen-bond donors (Lipinski definition) is 2. The molecule has 0 aromatic heterocycles. The Labute approximate surface area is 164 Å². The second-order valence-electron chi connectivity index (χ2n) is 7.74. The van der Waals surface area contributed by atoms with Crippen molar-refractivity contribution in [3.63, 3.8) is 0 Å². The molecule has 0 saturated carbocycles. The van der Waals surface area contributed by atoms with Crippen LogP contribution in [-0.2, 0) is 12.8 Å². The summed E-state index contributed by atoms with van der Waals surface area (Å²) in [6.07, 6.45) is 4.22. The average molecular weight is 380 g/mol. The number of hydroxylamine groups is 2. The molecule has 2 N–H and O–H groups in total. The number of fused-ring (bicyclic) bond motifs is 1. The molecule has 6 nitrogen and oxygen atoms in total. The molecule has 2 aromatic rings. The molecule has 2 aromatic carbocycles. The average Bonchev–Trinajstić information content (AvgIpc) is 3.19. The molecule has 6 heteroatoms. The number of nitrogens with one attached hydrogen (secondary N) is 1. The van der Waals surface area contributed by atoms with Gasteiger partial charge in [-0.05, 0) is 85.2 Å². The highest BCUT2D eigenvalue weighted by atomic mass is 16.5. The van der Waals surface area contributed by atoms with Crippen LogP contribution in [0.5, 0.6) is 5.75 Å². The number of carbonyl (C=O) groups excluding carboxylic acids is 2. The van der Waals surface area contributed by atoms with Gasteiger partial charge in [-0.1, -0.05) is 6.07 Å². The van der Waals surface area contributed by atoms with Crippen molar-refractivity contribution in [1.82, 2.24) is 10.4 Å². The van der Waals surface area contributed by atoms with Crippen molar-refractivity contribution in [1.29, 1.82) is 0 Å². The van der Waals surface area contributed by atoms with Gasteiger partial charge in [0.2, 0.25) is 0 Å². The first-order chi connectivity index (χ1) is 13.5. The van der Waals surface area contributed by atoms with Crippen LogP contribution >= 0.6 is 0 Å². The van der Waals surface area contributed by atoms with Crippen molar-refractivity contribution in [2.75, 3.05) is 20.2 Å². The van der Waals surface area contributed by atoms with Crippen LogP contribution in [0, 0.1) is 5.41 Å². The van der Waals surface area contributed by atoms with Crippen molar-refractivity contribution >= 4 is 11.8 Å². The molecular weight excluding hydrogens is 356 g/mol. The van der Waals surface area contributed by atoms with Crippen molar-refractivity contribution in [2.24, 2.45) is 5.41 Å². The molecule has 1 spiro atoms. The lowest BCUT2D eigenvalue weighted by molar-refractivity contribution is -0.0371. The van der Waals surface area contributed by atoms with Gasteiger partial charge in [0.25, 0.3) is 11.8 Å². The number of carbonyl (C=O) groups is 2. The largest absolute Gasteiger partial charge is 0.497 e. The van der Waals surface area contributed by atoms with E-state index in [1.54, 1.807) is 18.2 Å². The standard InChI is InChI=1S/C22H24N2O4/c1-28-19-6-4-16(5-7-19)20(25)24(27)21(26)17-3-2-15-8-9-22(10-11-23-14-22)13-18(15)12-17/h2-7,12,23,27H,8-11,13-14H2,1H3. The van der Waals surface area contributed by atoms with Gasteiger partial charge in [0.05, 0.1) is 7.11 Å². The molecule has 0 bridgehead atoms. The van der Waals surface area contributed by atoms with Crippen LogP contribution in [0.3, 0.4) is 0 Å². The van der Waals surface area contributed by atoms with Crippen LogP contribution < -0.4 is 10.1 Å². The Morgan fingerprint density at radius 3 is 2.43 bits per heavy atom. The summed E-state index contributed by atoms with van der Waals surface area (Å²) in [5, 5.41) is 13.9. The van der Waals surface area contributed by atoms with Crippen LogP contribution in [-0.4, -0.2) is 42.3 Å². The molecule has 2 amide bonds. The number of ether oxygens (including phenoxy) is 1. The molecule has 2 aliphatic rings. The minimum absolute atomic E-state index is 0.194. The monoisotopic (exact) mass is 380 g/mol. The summed E-state index contributed by atoms with van der Waals surface area (Å²) in [4.78, 5) is 25.2. The van der Waals surface area contributed by atoms with Crippen molar-refractivity contribution in [3.8, 4) is 5.75 Å². The predicted molar refractivity (Wildman–Crippen MR) is 104 cm³/mol. The van der Waals surface area contributed by atoms with Crippen LogP contribution in [0.2, 0.25) is 0 Å². The number of benzene rings is 2. The van der Waals surface area contributed by atoms with Gasteiger partial charge >= 0.3 is 0 Å². The Balaban J connectivity index is 1.53. The lowest BCUT2D eigenvalue weighted by Crippen LogP contribution is -2.34. The highest BCUT2D eigenvalue weighted by Crippen LogP contribution is 2.40. The van der Waals surface area contributed by atoms with Crippen LogP contribution in [0.15, 0.2) is 42.5 Å². The summed E-state index contributed by atoms with van der Waals surface area (Å²) in [6.45, 7) is 2.04. The van der Waals surface area contributed by atoms with Crippen molar-refractivity contribution in [3.05, 3.63) is 64.7 Å². The van der Waals surface area contributed by atoms with E-state index in [2.05, 4.69) is 5.32 Å². The molecule has 1 atom stereocenters. The van der Waals surface area contributed by atoms with Gasteiger partial charge in [-0.2, -0.15) is 0 Å². The number of rotatable bonds is 3. The van der Waals surface area contributed by atoms with Crippen molar-refractivity contribution < 1.29 is 19.5 Å². The van der Waals surface area contributed by atoms with E-state index >= 15 is 0 Å². The Bertz CT molecular complexity index is 901. The lowest BCUT2D eigenvalue weighted by Gasteiger charge is -2.34. The van der Waals surface area contributed by atoms with Crippen molar-refractivity contribution in [2.45, 2.75) is 25.7 Å². The van der Waals surface area contributed by atoms with Gasteiger partial charge in [-0.15, -0.1) is 5.06 Å². The second kappa shape index (κ2) is 7.37. The van der Waals surface area contributed by atoms with Gasteiger partial charge in [0.1, 0.15) is 5.75 Å². The quantitative estimate of drug-likeness (QED) is 0.486. The number of hydrogen-bond acceptors (Lipinski definition) is 5. The van der Waals surface area contributed by atoms with Crippen LogP contribution in [0.25, 0.3) is 0 Å². The third-order valence-electron chi connectivity index (χ3n) is 6.00. The highest BCUT2D eigenvalue weighted by molar-refractivity contribution is 6.09. The molecule has 1 aliphatic carbocycles. The summed E-state index contributed by atoms with van der Waals surface area (Å²) in [5.41, 5.74) is 3.20. The third-order valence-corrected chi connectivity index (χ3v) is 6.00. The number of imide groups is 1. The molecule has 1 heterocycles. The minimum Gasteiger partial charge on any atom is -0.497 e. The molecule has 0 radical (unpaired) electrons. The summed E-state index contributed by atoms with van der Waals surface area (Å²) >= 11 is 0. The number of nitrogens with zero attached hydrogens (tertiary/aromatic N) is 1. The number of aryl methyl sites for hydroxylation is 1. The van der Waals surface area contributed by atoms with Gasteiger partial charge in [0.15, 0.2) is 0 Å². The third kappa shape index (κ3) is 3.41. The van der Waals surface area contributed by atoms with Gasteiger partial charge < -0.3 is 10.1 Å². The normalized spacial score (nSPS) is 20.6. The minimum atomic E-state index is -0.762. The zero-order chi connectivity index (χ0) is 19.7. The maximum atomic E-state index is 12.7. The van der Waals surface area contributed by atoms with Gasteiger partial charge in [0, 0.05) is 17.7 Å². The van der Waals surface area contributed by atoms with E-state index in [1.165, 1.54) is 24.8 Å². The first-order valence-electron chi connectivity index (χ1n) is 9.56. The fourth-order valence-corrected chi connectivity index (χ4v) is 4.29. The van der Waals surface area contributed by atoms with E-state index in [0.29, 0.717) is 11.3 Å². The Morgan fingerprint density at radius 2 is 1.75 bits per heavy atom. The molecule has 1 saturated heterocycles. The van der Waals surface area contributed by atoms with E-state index in [9.17, 15) is 14.8 Å². The first-order valence-corrected chi connectivity index (χ1v) is 9.56. The Hall–Kier alpha value is -2.70. The Morgan fingerprint density at radius 1 is 1.04 bits per heavy atom. The fraction of sp³-hybridized carbons (Fsp3) is 0.364. The van der Waals surface area contributed by atoms with Crippen LogP contribution in [0.4, 0.5) is 0 Å². The van der Waals surface area contributed by atoms with E-state index in [-0.39, 0.29) is 16.0 Å². The summed E-state index contributed by atoms with van der Waals surface area (Å²) < 4.78 is 5.06. The molecule has 1 unspecified atom stereocenters. The zero-order valence-corrected chi connectivity index (χ0v) is 15.9. The second-order valence-corrected chi connectivity index (χ2v) is 7.74. The van der Waals surface area contributed by atoms with E-state index in [4.69, 9.17) is 4.74 Å². The molecular formula is C22H24N2O4. The van der Waals surface area contributed by atoms with E-state index in [1.807, 2.05) is 12.1 Å². The fourth-order valence-electron chi connectivity index (χ4n) is 4.29. The number of amides is 2. The van der Waals surface area contributed by atoms with E-state index in [0.717, 1.165) is 44.3 Å². The molecule has 28 heavy (non-hydrogen) atoms.